The lowest BCUT2D eigenvalue weighted by atomic mass is 10.1. The summed E-state index contributed by atoms with van der Waals surface area (Å²) in [5.41, 5.74) is 0.191. The average molecular weight is 776 g/mol. The Morgan fingerprint density at radius 3 is 2.22 bits per heavy atom. The molecule has 2 aromatic rings. The van der Waals surface area contributed by atoms with Crippen LogP contribution in [0.1, 0.15) is 59.6 Å². The van der Waals surface area contributed by atoms with Gasteiger partial charge in [-0.05, 0) is 52.1 Å². The maximum atomic E-state index is 13.6. The van der Waals surface area contributed by atoms with Crippen molar-refractivity contribution in [3.63, 3.8) is 0 Å². The minimum atomic E-state index is -5.06. The lowest BCUT2D eigenvalue weighted by Crippen LogP contribution is -2.34. The highest BCUT2D eigenvalue weighted by molar-refractivity contribution is 7.55. The molecule has 0 radical (unpaired) electrons. The molecule has 2 aliphatic rings. The number of nitrogens with one attached hydrogen (secondary N) is 1. The summed E-state index contributed by atoms with van der Waals surface area (Å²) < 4.78 is 71.2. The van der Waals surface area contributed by atoms with Gasteiger partial charge < -0.3 is 48.6 Å². The van der Waals surface area contributed by atoms with Crippen molar-refractivity contribution in [3.8, 4) is 0 Å². The Hall–Kier alpha value is -2.68. The molecule has 24 heteroatoms. The van der Waals surface area contributed by atoms with Crippen LogP contribution in [0.25, 0.3) is 11.0 Å². The van der Waals surface area contributed by atoms with Gasteiger partial charge in [-0.25, -0.2) is 23.4 Å². The molecule has 21 nitrogen and oxygen atoms in total. The maximum Gasteiger partial charge on any atom is 0.510 e. The smallest absolute Gasteiger partial charge is 0.432 e. The molecule has 6 atom stereocenters. The number of carbonyl (C=O) groups excluding carboxylic acids is 2. The number of hydrogen-bond donors (Lipinski definition) is 4. The molecule has 0 amide bonds. The number of nitrogens with zero attached hydrogens (tertiary/aromatic N) is 4. The molecule has 1 aliphatic carbocycles. The van der Waals surface area contributed by atoms with Gasteiger partial charge in [0.15, 0.2) is 18.2 Å². The van der Waals surface area contributed by atoms with Crippen LogP contribution >= 0.6 is 27.0 Å². The molecule has 0 spiro atoms. The van der Waals surface area contributed by atoms with E-state index in [0.29, 0.717) is 11.2 Å². The highest BCUT2D eigenvalue weighted by Crippen LogP contribution is 2.54. The number of carbonyl (C=O) groups is 2. The van der Waals surface area contributed by atoms with E-state index < -0.39 is 91.0 Å². The number of aromatic nitrogens is 4. The molecule has 282 valence electrons. The molecule has 0 aromatic carbocycles. The first kappa shape index (κ1) is 40.1. The van der Waals surface area contributed by atoms with E-state index >= 15 is 0 Å². The van der Waals surface area contributed by atoms with Crippen LogP contribution in [-0.2, 0) is 50.9 Å². The zero-order valence-electron chi connectivity index (χ0n) is 27.5. The molecule has 4 N–H and O–H groups in total. The van der Waals surface area contributed by atoms with Crippen molar-refractivity contribution in [1.29, 1.82) is 0 Å². The van der Waals surface area contributed by atoms with Gasteiger partial charge in [0, 0.05) is 6.04 Å². The molecule has 2 unspecified atom stereocenters. The fourth-order valence-corrected chi connectivity index (χ4v) is 7.14. The minimum Gasteiger partial charge on any atom is -0.432 e. The highest BCUT2D eigenvalue weighted by Gasteiger charge is 2.46. The van der Waals surface area contributed by atoms with Gasteiger partial charge in [-0.2, -0.15) is 15.1 Å². The number of rotatable bonds is 17. The van der Waals surface area contributed by atoms with E-state index in [-0.39, 0.29) is 17.0 Å². The summed E-state index contributed by atoms with van der Waals surface area (Å²) >= 11 is 6.20. The number of anilines is 1. The number of phosphoric ester groups is 1. The number of phosphoric acid groups is 1. The number of fused-ring (bicyclic) bond motifs is 1. The first-order chi connectivity index (χ1) is 23.6. The number of halogens is 1. The predicted molar refractivity (Wildman–Crippen MR) is 169 cm³/mol. The fraction of sp³-hybridized carbons (Fsp3) is 0.731. The van der Waals surface area contributed by atoms with E-state index in [0.717, 1.165) is 25.7 Å². The van der Waals surface area contributed by atoms with Gasteiger partial charge in [0.2, 0.25) is 18.9 Å². The third-order valence-corrected chi connectivity index (χ3v) is 9.74. The summed E-state index contributed by atoms with van der Waals surface area (Å²) in [6, 6.07) is 0.186. The monoisotopic (exact) mass is 775 g/mol. The topological polar surface area (TPSA) is 268 Å². The number of hydrogen-bond acceptors (Lipinski definition) is 19. The van der Waals surface area contributed by atoms with Crippen LogP contribution in [0.4, 0.5) is 15.4 Å². The second kappa shape index (κ2) is 17.7. The molecular weight excluding hydrogens is 736 g/mol. The van der Waals surface area contributed by atoms with Gasteiger partial charge in [-0.1, -0.05) is 12.8 Å². The Morgan fingerprint density at radius 1 is 0.980 bits per heavy atom. The predicted octanol–water partition coefficient (Wildman–Crippen LogP) is 3.81. The normalized spacial score (nSPS) is 23.6. The second-order valence-corrected chi connectivity index (χ2v) is 15.4. The van der Waals surface area contributed by atoms with Gasteiger partial charge in [-0.15, -0.1) is 0 Å². The van der Waals surface area contributed by atoms with Crippen molar-refractivity contribution in [2.75, 3.05) is 31.9 Å². The van der Waals surface area contributed by atoms with Crippen molar-refractivity contribution < 1.29 is 75.6 Å². The summed E-state index contributed by atoms with van der Waals surface area (Å²) in [6.45, 7) is 3.31. The molecule has 1 saturated carbocycles. The van der Waals surface area contributed by atoms with Gasteiger partial charge in [0.05, 0.1) is 30.4 Å². The third-order valence-electron chi connectivity index (χ3n) is 7.00. The van der Waals surface area contributed by atoms with Crippen molar-refractivity contribution >= 4 is 56.2 Å². The molecule has 3 heterocycles. The minimum absolute atomic E-state index is 0.0996. The Kier molecular flexibility index (Phi) is 14.2. The van der Waals surface area contributed by atoms with Crippen molar-refractivity contribution in [1.82, 2.24) is 19.7 Å². The summed E-state index contributed by atoms with van der Waals surface area (Å²) in [4.78, 5) is 41.7. The van der Waals surface area contributed by atoms with Crippen molar-refractivity contribution in [3.05, 3.63) is 11.5 Å². The first-order valence-electron chi connectivity index (χ1n) is 15.4. The number of ether oxygens (including phenoxy) is 5. The maximum absolute atomic E-state index is 13.6. The largest absolute Gasteiger partial charge is 0.510 e. The third kappa shape index (κ3) is 11.4. The zero-order valence-corrected chi connectivity index (χ0v) is 30.0. The standard InChI is InChI=1S/C26H40ClN5O16P2/c1-14(2)46-25(35)40-11-43-49(37,13-45-50(38,39)44-12-41-26(36)47-15(3)4)42-10-18-19(33)20(34)23(48-18)32-22-17(9-28-32)21(30-24(27)31-22)29-16-7-5-6-8-16/h9,14-16,18-20,23,33-34H,5-8,10-13H2,1-4H3,(H,38,39)(H,29,30,31)/t18-,19-,20-,23-,49?/m1/s1. The van der Waals surface area contributed by atoms with Gasteiger partial charge in [-0.3, -0.25) is 13.6 Å². The van der Waals surface area contributed by atoms with E-state index in [9.17, 15) is 33.8 Å². The molecule has 0 bridgehead atoms. The summed E-state index contributed by atoms with van der Waals surface area (Å²) in [7, 11) is -9.73. The number of aliphatic hydroxyl groups is 2. The van der Waals surface area contributed by atoms with Gasteiger partial charge in [0.25, 0.3) is 0 Å². The van der Waals surface area contributed by atoms with E-state index in [1.165, 1.54) is 24.7 Å². The van der Waals surface area contributed by atoms with Crippen LogP contribution < -0.4 is 5.32 Å². The quantitative estimate of drug-likeness (QED) is 0.0770. The molecule has 2 fully saturated rings. The average Bonchev–Trinajstić information content (AvgIpc) is 3.75. The highest BCUT2D eigenvalue weighted by atomic mass is 35.5. The Morgan fingerprint density at radius 2 is 1.60 bits per heavy atom. The molecule has 1 aliphatic heterocycles. The van der Waals surface area contributed by atoms with Gasteiger partial charge >= 0.3 is 27.7 Å². The van der Waals surface area contributed by atoms with Crippen LogP contribution in [0.5, 0.6) is 0 Å². The SMILES string of the molecule is CC(C)OC(=O)OCOP(=O)(O)OCP(=O)(OCOC(=O)OC(C)C)OC[C@H]1O[C@@H](n2ncc3c(NC4CCCC4)nc(Cl)nc32)[C@H](O)[C@@H]1O. The molecular formula is C26H40ClN5O16P2. The van der Waals surface area contributed by atoms with Crippen LogP contribution in [0.15, 0.2) is 6.20 Å². The summed E-state index contributed by atoms with van der Waals surface area (Å²) in [5.74, 6) is 0.441. The van der Waals surface area contributed by atoms with Crippen LogP contribution in [0.2, 0.25) is 5.28 Å². The zero-order chi connectivity index (χ0) is 36.6. The van der Waals surface area contributed by atoms with E-state index in [2.05, 4.69) is 29.6 Å². The summed E-state index contributed by atoms with van der Waals surface area (Å²) in [6.07, 6.45) is -5.22. The van der Waals surface area contributed by atoms with E-state index in [1.54, 1.807) is 13.8 Å². The van der Waals surface area contributed by atoms with Gasteiger partial charge in [0.1, 0.15) is 24.1 Å². The lowest BCUT2D eigenvalue weighted by molar-refractivity contribution is -0.0582. The molecule has 2 aromatic heterocycles. The first-order valence-corrected chi connectivity index (χ1v) is 19.0. The fourth-order valence-electron chi connectivity index (χ4n) is 4.76. The second-order valence-electron chi connectivity index (χ2n) is 11.6. The van der Waals surface area contributed by atoms with E-state index in [4.69, 9.17) is 44.1 Å². The van der Waals surface area contributed by atoms with E-state index in [1.807, 2.05) is 0 Å². The van der Waals surface area contributed by atoms with Crippen LogP contribution in [0, 0.1) is 0 Å². The Balaban J connectivity index is 1.42. The van der Waals surface area contributed by atoms with Crippen molar-refractivity contribution in [2.24, 2.45) is 0 Å². The summed E-state index contributed by atoms with van der Waals surface area (Å²) in [5, 5.41) is 29.7. The lowest BCUT2D eigenvalue weighted by Gasteiger charge is -2.22. The van der Waals surface area contributed by atoms with Crippen molar-refractivity contribution in [2.45, 2.75) is 96.2 Å². The Bertz CT molecular complexity index is 1560. The van der Waals surface area contributed by atoms with Crippen LogP contribution in [-0.4, -0.2) is 110 Å². The van der Waals surface area contributed by atoms with Crippen LogP contribution in [0.3, 0.4) is 0 Å². The molecule has 50 heavy (non-hydrogen) atoms. The molecule has 4 rings (SSSR count). The molecule has 1 saturated heterocycles. The number of aliphatic hydroxyl groups excluding tert-OH is 2. The Labute approximate surface area is 290 Å².